The van der Waals surface area contributed by atoms with Crippen molar-refractivity contribution >= 4 is 17.7 Å². The highest BCUT2D eigenvalue weighted by Crippen LogP contribution is 2.14. The average Bonchev–Trinajstić information content (AvgIpc) is 2.47. The molecule has 0 saturated carbocycles. The van der Waals surface area contributed by atoms with Crippen molar-refractivity contribution < 1.29 is 4.79 Å². The number of carbonyl (C=O) groups excluding carboxylic acids is 1. The van der Waals surface area contributed by atoms with Gasteiger partial charge in [0, 0.05) is 18.3 Å². The second-order valence-corrected chi connectivity index (χ2v) is 4.09. The van der Waals surface area contributed by atoms with E-state index in [0.29, 0.717) is 6.54 Å². The van der Waals surface area contributed by atoms with Gasteiger partial charge in [-0.1, -0.05) is 48.5 Å². The van der Waals surface area contributed by atoms with Crippen LogP contribution in [-0.2, 0) is 11.3 Å². The highest BCUT2D eigenvalue weighted by atomic mass is 16.1. The van der Waals surface area contributed by atoms with Crippen molar-refractivity contribution in [3.05, 3.63) is 71.8 Å². The third-order valence-electron chi connectivity index (χ3n) is 2.72. The predicted molar refractivity (Wildman–Crippen MR) is 78.4 cm³/mol. The highest BCUT2D eigenvalue weighted by Gasteiger charge is 2.02. The molecule has 3 heteroatoms. The maximum atomic E-state index is 11.8. The summed E-state index contributed by atoms with van der Waals surface area (Å²) in [7, 11) is 0. The largest absolute Gasteiger partial charge is 0.326 e. The number of hydrogen-bond acceptors (Lipinski definition) is 2. The van der Waals surface area contributed by atoms with E-state index < -0.39 is 0 Å². The quantitative estimate of drug-likeness (QED) is 0.822. The van der Waals surface area contributed by atoms with Gasteiger partial charge in [0.25, 0.3) is 0 Å². The molecule has 3 N–H and O–H groups in total. The molecule has 0 spiro atoms. The normalized spacial score (nSPS) is 10.6. The topological polar surface area (TPSA) is 55.1 Å². The number of carbonyl (C=O) groups is 1. The molecule has 3 nitrogen and oxygen atoms in total. The van der Waals surface area contributed by atoms with Crippen LogP contribution < -0.4 is 11.1 Å². The minimum Gasteiger partial charge on any atom is -0.326 e. The van der Waals surface area contributed by atoms with Crippen LogP contribution in [0.3, 0.4) is 0 Å². The van der Waals surface area contributed by atoms with Crippen LogP contribution in [0.2, 0.25) is 0 Å². The first-order valence-corrected chi connectivity index (χ1v) is 6.11. The fourth-order valence-electron chi connectivity index (χ4n) is 1.73. The van der Waals surface area contributed by atoms with E-state index in [4.69, 9.17) is 5.73 Å². The number of amides is 1. The van der Waals surface area contributed by atoms with Gasteiger partial charge in [-0.3, -0.25) is 4.79 Å². The Kier molecular flexibility index (Phi) is 4.48. The molecule has 0 aliphatic carbocycles. The van der Waals surface area contributed by atoms with Crippen molar-refractivity contribution in [2.24, 2.45) is 5.73 Å². The number of benzene rings is 2. The van der Waals surface area contributed by atoms with Gasteiger partial charge in [0.15, 0.2) is 0 Å². The Morgan fingerprint density at radius 2 is 1.74 bits per heavy atom. The van der Waals surface area contributed by atoms with Crippen LogP contribution in [0, 0.1) is 0 Å². The fourth-order valence-corrected chi connectivity index (χ4v) is 1.73. The minimum absolute atomic E-state index is 0.162. The molecule has 0 aliphatic heterocycles. The summed E-state index contributed by atoms with van der Waals surface area (Å²) in [6, 6.07) is 17.2. The summed E-state index contributed by atoms with van der Waals surface area (Å²) in [5.74, 6) is -0.162. The smallest absolute Gasteiger partial charge is 0.248 e. The van der Waals surface area contributed by atoms with E-state index in [1.165, 1.54) is 6.08 Å². The number of hydrogen-bond donors (Lipinski definition) is 2. The average molecular weight is 252 g/mol. The first-order chi connectivity index (χ1) is 9.29. The van der Waals surface area contributed by atoms with E-state index in [2.05, 4.69) is 5.32 Å². The van der Waals surface area contributed by atoms with Gasteiger partial charge < -0.3 is 11.1 Å². The van der Waals surface area contributed by atoms with Gasteiger partial charge in [-0.05, 0) is 23.3 Å². The molecule has 0 unspecified atom stereocenters. The number of rotatable bonds is 4. The Labute approximate surface area is 112 Å². The SMILES string of the molecule is NCc1ccccc1NC(=O)C=Cc1ccccc1. The van der Waals surface area contributed by atoms with Crippen LogP contribution in [0.25, 0.3) is 6.08 Å². The molecule has 1 amide bonds. The summed E-state index contributed by atoms with van der Waals surface area (Å²) in [6.45, 7) is 0.402. The van der Waals surface area contributed by atoms with E-state index >= 15 is 0 Å². The second kappa shape index (κ2) is 6.52. The number of para-hydroxylation sites is 1. The molecule has 0 radical (unpaired) electrons. The number of nitrogens with one attached hydrogen (secondary N) is 1. The van der Waals surface area contributed by atoms with Crippen molar-refractivity contribution in [2.45, 2.75) is 6.54 Å². The molecule has 0 aromatic heterocycles. The molecule has 0 heterocycles. The third kappa shape index (κ3) is 3.79. The summed E-state index contributed by atoms with van der Waals surface area (Å²) < 4.78 is 0. The summed E-state index contributed by atoms with van der Waals surface area (Å²) in [5.41, 5.74) is 8.29. The summed E-state index contributed by atoms with van der Waals surface area (Å²) in [6.07, 6.45) is 3.29. The Bertz CT molecular complexity index is 576. The van der Waals surface area contributed by atoms with Gasteiger partial charge in [-0.2, -0.15) is 0 Å². The summed E-state index contributed by atoms with van der Waals surface area (Å²) in [4.78, 5) is 11.8. The molecular formula is C16H16N2O. The molecule has 0 atom stereocenters. The highest BCUT2D eigenvalue weighted by molar-refractivity contribution is 6.02. The molecule has 19 heavy (non-hydrogen) atoms. The minimum atomic E-state index is -0.162. The van der Waals surface area contributed by atoms with Crippen LogP contribution in [0.15, 0.2) is 60.7 Å². The van der Waals surface area contributed by atoms with Gasteiger partial charge in [-0.15, -0.1) is 0 Å². The maximum absolute atomic E-state index is 11.8. The number of nitrogens with two attached hydrogens (primary N) is 1. The molecule has 0 fully saturated rings. The zero-order chi connectivity index (χ0) is 13.5. The molecule has 0 saturated heterocycles. The van der Waals surface area contributed by atoms with E-state index in [1.54, 1.807) is 6.08 Å². The first kappa shape index (κ1) is 13.1. The Balaban J connectivity index is 2.04. The summed E-state index contributed by atoms with van der Waals surface area (Å²) >= 11 is 0. The van der Waals surface area contributed by atoms with Gasteiger partial charge in [0.1, 0.15) is 0 Å². The van der Waals surface area contributed by atoms with Crippen molar-refractivity contribution in [1.82, 2.24) is 0 Å². The van der Waals surface area contributed by atoms with Crippen LogP contribution in [0.1, 0.15) is 11.1 Å². The number of anilines is 1. The Morgan fingerprint density at radius 1 is 1.05 bits per heavy atom. The van der Waals surface area contributed by atoms with E-state index in [1.807, 2.05) is 54.6 Å². The maximum Gasteiger partial charge on any atom is 0.248 e. The van der Waals surface area contributed by atoms with Crippen LogP contribution >= 0.6 is 0 Å². The van der Waals surface area contributed by atoms with Crippen molar-refractivity contribution in [3.8, 4) is 0 Å². The van der Waals surface area contributed by atoms with Gasteiger partial charge in [0.05, 0.1) is 0 Å². The zero-order valence-electron chi connectivity index (χ0n) is 10.5. The predicted octanol–water partition coefficient (Wildman–Crippen LogP) is 2.80. The summed E-state index contributed by atoms with van der Waals surface area (Å²) in [5, 5.41) is 2.83. The lowest BCUT2D eigenvalue weighted by molar-refractivity contribution is -0.111. The molecular weight excluding hydrogens is 236 g/mol. The van der Waals surface area contributed by atoms with Crippen molar-refractivity contribution in [3.63, 3.8) is 0 Å². The standard InChI is InChI=1S/C16H16N2O/c17-12-14-8-4-5-9-15(14)18-16(19)11-10-13-6-2-1-3-7-13/h1-11H,12,17H2,(H,18,19). The van der Waals surface area contributed by atoms with E-state index in [9.17, 15) is 4.79 Å². The molecule has 2 aromatic rings. The van der Waals surface area contributed by atoms with Crippen molar-refractivity contribution in [2.75, 3.05) is 5.32 Å². The fraction of sp³-hybridized carbons (Fsp3) is 0.0625. The lowest BCUT2D eigenvalue weighted by atomic mass is 10.1. The van der Waals surface area contributed by atoms with Gasteiger partial charge in [0.2, 0.25) is 5.91 Å². The second-order valence-electron chi connectivity index (χ2n) is 4.09. The lowest BCUT2D eigenvalue weighted by Gasteiger charge is -2.07. The van der Waals surface area contributed by atoms with E-state index in [-0.39, 0.29) is 5.91 Å². The molecule has 96 valence electrons. The molecule has 0 bridgehead atoms. The molecule has 2 aromatic carbocycles. The first-order valence-electron chi connectivity index (χ1n) is 6.11. The molecule has 0 aliphatic rings. The van der Waals surface area contributed by atoms with Crippen molar-refractivity contribution in [1.29, 1.82) is 0 Å². The molecule has 2 rings (SSSR count). The Hall–Kier alpha value is -2.39. The third-order valence-corrected chi connectivity index (χ3v) is 2.72. The zero-order valence-corrected chi connectivity index (χ0v) is 10.5. The Morgan fingerprint density at radius 3 is 2.47 bits per heavy atom. The lowest BCUT2D eigenvalue weighted by Crippen LogP contribution is -2.11. The van der Waals surface area contributed by atoms with E-state index in [0.717, 1.165) is 16.8 Å². The van der Waals surface area contributed by atoms with Crippen LogP contribution in [0.4, 0.5) is 5.69 Å². The van der Waals surface area contributed by atoms with Crippen LogP contribution in [-0.4, -0.2) is 5.91 Å². The van der Waals surface area contributed by atoms with Crippen LogP contribution in [0.5, 0.6) is 0 Å². The van der Waals surface area contributed by atoms with Gasteiger partial charge >= 0.3 is 0 Å². The van der Waals surface area contributed by atoms with Gasteiger partial charge in [-0.25, -0.2) is 0 Å². The monoisotopic (exact) mass is 252 g/mol.